The molecule has 0 bridgehead atoms. The van der Waals surface area contributed by atoms with Gasteiger partial charge in [-0.05, 0) is 76.1 Å². The van der Waals surface area contributed by atoms with Crippen LogP contribution < -0.4 is 16.1 Å². The molecule has 1 heterocycles. The van der Waals surface area contributed by atoms with Gasteiger partial charge >= 0.3 is 12.1 Å². The monoisotopic (exact) mass is 620 g/mol. The first-order valence-corrected chi connectivity index (χ1v) is 15.5. The van der Waals surface area contributed by atoms with Crippen LogP contribution >= 0.6 is 0 Å². The van der Waals surface area contributed by atoms with Gasteiger partial charge in [0.25, 0.3) is 5.91 Å². The molecule has 1 aliphatic heterocycles. The molecule has 0 saturated carbocycles. The van der Waals surface area contributed by atoms with Crippen LogP contribution in [0.25, 0.3) is 6.08 Å². The highest BCUT2D eigenvalue weighted by atomic mass is 16.6. The third-order valence-corrected chi connectivity index (χ3v) is 7.40. The van der Waals surface area contributed by atoms with Crippen molar-refractivity contribution in [2.45, 2.75) is 97.6 Å². The van der Waals surface area contributed by atoms with Crippen molar-refractivity contribution in [1.29, 1.82) is 0 Å². The van der Waals surface area contributed by atoms with Gasteiger partial charge in [-0.1, -0.05) is 74.5 Å². The molecule has 0 radical (unpaired) electrons. The van der Waals surface area contributed by atoms with Crippen LogP contribution in [0, 0.1) is 12.8 Å². The molecule has 3 amide bonds. The van der Waals surface area contributed by atoms with E-state index in [2.05, 4.69) is 22.6 Å². The van der Waals surface area contributed by atoms with E-state index in [4.69, 9.17) is 9.47 Å². The zero-order chi connectivity index (χ0) is 33.3. The molecule has 3 N–H and O–H groups in total. The normalized spacial score (nSPS) is 17.1. The Morgan fingerprint density at radius 3 is 2.42 bits per heavy atom. The van der Waals surface area contributed by atoms with Crippen molar-refractivity contribution in [2.75, 3.05) is 6.54 Å². The summed E-state index contributed by atoms with van der Waals surface area (Å²) in [5.41, 5.74) is 5.94. The summed E-state index contributed by atoms with van der Waals surface area (Å²) in [5.74, 6) is -1.65. The van der Waals surface area contributed by atoms with E-state index in [1.165, 1.54) is 5.01 Å². The maximum absolute atomic E-state index is 14.0. The highest BCUT2D eigenvalue weighted by molar-refractivity contribution is 5.92. The van der Waals surface area contributed by atoms with Crippen molar-refractivity contribution in [2.24, 2.45) is 5.92 Å². The second-order valence-corrected chi connectivity index (χ2v) is 12.9. The predicted octanol–water partition coefficient (Wildman–Crippen LogP) is 5.01. The summed E-state index contributed by atoms with van der Waals surface area (Å²) in [6.07, 6.45) is 1.79. The summed E-state index contributed by atoms with van der Waals surface area (Å²) in [4.78, 5) is 53.3. The van der Waals surface area contributed by atoms with Crippen molar-refractivity contribution in [3.63, 3.8) is 0 Å². The van der Waals surface area contributed by atoms with Gasteiger partial charge in [0.05, 0.1) is 0 Å². The fraction of sp³-hybridized carbons (Fsp3) is 0.486. The smallest absolute Gasteiger partial charge is 0.408 e. The topological polar surface area (TPSA) is 126 Å². The molecule has 2 aromatic rings. The highest BCUT2D eigenvalue weighted by Gasteiger charge is 2.36. The quantitative estimate of drug-likeness (QED) is 0.302. The van der Waals surface area contributed by atoms with Gasteiger partial charge in [-0.3, -0.25) is 19.4 Å². The Morgan fingerprint density at radius 2 is 1.78 bits per heavy atom. The third kappa shape index (κ3) is 10.7. The first-order valence-electron chi connectivity index (χ1n) is 15.5. The number of hydrazine groups is 1. The number of benzene rings is 2. The molecule has 244 valence electrons. The zero-order valence-corrected chi connectivity index (χ0v) is 27.5. The van der Waals surface area contributed by atoms with E-state index in [1.807, 2.05) is 55.5 Å². The number of esters is 1. The second-order valence-electron chi connectivity index (χ2n) is 12.9. The summed E-state index contributed by atoms with van der Waals surface area (Å²) >= 11 is 0. The lowest BCUT2D eigenvalue weighted by Gasteiger charge is -2.36. The largest absolute Gasteiger partial charge is 0.457 e. The molecule has 0 unspecified atom stereocenters. The Balaban J connectivity index is 1.76. The Labute approximate surface area is 266 Å². The zero-order valence-electron chi connectivity index (χ0n) is 27.5. The Morgan fingerprint density at radius 1 is 1.07 bits per heavy atom. The molecular formula is C35H48N4O6. The van der Waals surface area contributed by atoms with Gasteiger partial charge in [0.2, 0.25) is 5.91 Å². The van der Waals surface area contributed by atoms with Crippen LogP contribution in [0.2, 0.25) is 0 Å². The van der Waals surface area contributed by atoms with E-state index in [0.29, 0.717) is 19.4 Å². The molecule has 45 heavy (non-hydrogen) atoms. The number of aryl methyl sites for hydroxylation is 1. The third-order valence-electron chi connectivity index (χ3n) is 7.40. The van der Waals surface area contributed by atoms with Gasteiger partial charge in [-0.2, -0.15) is 0 Å². The van der Waals surface area contributed by atoms with Gasteiger partial charge in [0, 0.05) is 13.0 Å². The lowest BCUT2D eigenvalue weighted by molar-refractivity contribution is -0.157. The molecule has 1 saturated heterocycles. The number of nitrogens with zero attached hydrogens (tertiary/aromatic N) is 1. The van der Waals surface area contributed by atoms with E-state index in [9.17, 15) is 19.2 Å². The standard InChI is InChI=1S/C35H48N4O6/c1-9-25-14-11-16-27(20-25)24(5)44-33(42)28-17-12-18-39(38-28)32(41)29(21-26-15-10-13-23(4)19-26)36-31(40)30(22(2)3)37-34(43)45-35(6,7)8/h9-11,13-16,19-20,22,24,28-30,38H,1,12,17-18,21H2,2-8H3,(H,36,40)(H,37,43)/t24-,28+,29+,30+/m1/s1. The minimum Gasteiger partial charge on any atom is -0.457 e. The molecule has 1 fully saturated rings. The van der Waals surface area contributed by atoms with Crippen molar-refractivity contribution in [3.05, 3.63) is 77.4 Å². The molecule has 0 aliphatic carbocycles. The summed E-state index contributed by atoms with van der Waals surface area (Å²) in [5, 5.41) is 6.92. The molecule has 10 heteroatoms. The summed E-state index contributed by atoms with van der Waals surface area (Å²) in [6, 6.07) is 12.6. The van der Waals surface area contributed by atoms with E-state index >= 15 is 0 Å². The number of alkyl carbamates (subject to hydrolysis) is 1. The van der Waals surface area contributed by atoms with Gasteiger partial charge < -0.3 is 20.1 Å². The van der Waals surface area contributed by atoms with Gasteiger partial charge in [-0.25, -0.2) is 10.2 Å². The summed E-state index contributed by atoms with van der Waals surface area (Å²) in [7, 11) is 0. The minimum atomic E-state index is -0.969. The highest BCUT2D eigenvalue weighted by Crippen LogP contribution is 2.21. The average Bonchev–Trinajstić information content (AvgIpc) is 2.98. The van der Waals surface area contributed by atoms with Crippen LogP contribution in [0.1, 0.15) is 82.7 Å². The first kappa shape index (κ1) is 35.3. The van der Waals surface area contributed by atoms with E-state index in [0.717, 1.165) is 22.3 Å². The van der Waals surface area contributed by atoms with Crippen molar-refractivity contribution >= 4 is 30.0 Å². The number of rotatable bonds is 11. The maximum Gasteiger partial charge on any atom is 0.408 e. The predicted molar refractivity (Wildman–Crippen MR) is 174 cm³/mol. The Bertz CT molecular complexity index is 1370. The van der Waals surface area contributed by atoms with E-state index in [1.54, 1.807) is 47.6 Å². The molecule has 0 aromatic heterocycles. The van der Waals surface area contributed by atoms with Crippen LogP contribution in [-0.4, -0.2) is 59.2 Å². The van der Waals surface area contributed by atoms with Gasteiger partial charge in [0.15, 0.2) is 0 Å². The molecule has 1 aliphatic rings. The maximum atomic E-state index is 14.0. The number of hydrogen-bond donors (Lipinski definition) is 3. The molecule has 4 atom stereocenters. The van der Waals surface area contributed by atoms with Gasteiger partial charge in [-0.15, -0.1) is 0 Å². The van der Waals surface area contributed by atoms with E-state index < -0.39 is 53.7 Å². The molecule has 2 aromatic carbocycles. The van der Waals surface area contributed by atoms with Gasteiger partial charge in [0.1, 0.15) is 29.8 Å². The number of ether oxygens (including phenoxy) is 2. The number of carbonyl (C=O) groups is 4. The Hall–Kier alpha value is -4.18. The van der Waals surface area contributed by atoms with E-state index in [-0.39, 0.29) is 12.3 Å². The molecular weight excluding hydrogens is 572 g/mol. The molecule has 10 nitrogen and oxygen atoms in total. The summed E-state index contributed by atoms with van der Waals surface area (Å²) < 4.78 is 11.1. The summed E-state index contributed by atoms with van der Waals surface area (Å²) in [6.45, 7) is 16.7. The fourth-order valence-corrected chi connectivity index (χ4v) is 5.07. The van der Waals surface area contributed by atoms with Crippen molar-refractivity contribution in [3.8, 4) is 0 Å². The van der Waals surface area contributed by atoms with Crippen LogP contribution in [0.15, 0.2) is 55.1 Å². The number of amides is 3. The average molecular weight is 621 g/mol. The first-order chi connectivity index (χ1) is 21.2. The molecule has 3 rings (SSSR count). The van der Waals surface area contributed by atoms with Crippen LogP contribution in [-0.2, 0) is 30.3 Å². The number of carbonyl (C=O) groups excluding carboxylic acids is 4. The lowest BCUT2D eigenvalue weighted by atomic mass is 10.00. The minimum absolute atomic E-state index is 0.216. The van der Waals surface area contributed by atoms with Crippen molar-refractivity contribution < 1.29 is 28.7 Å². The Kier molecular flexibility index (Phi) is 12.3. The lowest BCUT2D eigenvalue weighted by Crippen LogP contribution is -2.62. The number of hydrogen-bond acceptors (Lipinski definition) is 7. The van der Waals surface area contributed by atoms with Crippen LogP contribution in [0.5, 0.6) is 0 Å². The van der Waals surface area contributed by atoms with Crippen molar-refractivity contribution in [1.82, 2.24) is 21.1 Å². The fourth-order valence-electron chi connectivity index (χ4n) is 5.07. The molecule has 0 spiro atoms. The van der Waals surface area contributed by atoms with Crippen LogP contribution in [0.3, 0.4) is 0 Å². The van der Waals surface area contributed by atoms with Crippen LogP contribution in [0.4, 0.5) is 4.79 Å². The second kappa shape index (κ2) is 15.7. The SMILES string of the molecule is C=Cc1cccc([C@@H](C)OC(=O)[C@@H]2CCCN(C(=O)[C@H](Cc3cccc(C)c3)NC(=O)[C@@H](NC(=O)OC(C)(C)C)C(C)C)N2)c1. The number of nitrogens with one attached hydrogen (secondary N) is 3.